The summed E-state index contributed by atoms with van der Waals surface area (Å²) in [5.41, 5.74) is 1.47. The number of anilines is 1. The Bertz CT molecular complexity index is 715. The first-order valence-corrected chi connectivity index (χ1v) is 8.77. The molecule has 0 spiro atoms. The fourth-order valence-corrected chi connectivity index (χ4v) is 3.02. The predicted molar refractivity (Wildman–Crippen MR) is 98.6 cm³/mol. The lowest BCUT2D eigenvalue weighted by Gasteiger charge is -2.34. The van der Waals surface area contributed by atoms with Gasteiger partial charge in [-0.25, -0.2) is 9.18 Å². The average Bonchev–Trinajstić information content (AvgIpc) is 2.63. The van der Waals surface area contributed by atoms with Gasteiger partial charge in [0.05, 0.1) is 0 Å². The Morgan fingerprint density at radius 1 is 1.04 bits per heavy atom. The molecule has 1 heterocycles. The number of hydrogen-bond donors (Lipinski definition) is 1. The smallest absolute Gasteiger partial charge is 0.321 e. The summed E-state index contributed by atoms with van der Waals surface area (Å²) in [6.07, 6.45) is 0.684. The van der Waals surface area contributed by atoms with Crippen LogP contribution in [-0.2, 0) is 6.42 Å². The van der Waals surface area contributed by atoms with Crippen LogP contribution in [0, 0.1) is 5.82 Å². The van der Waals surface area contributed by atoms with Crippen LogP contribution in [0.5, 0.6) is 0 Å². The van der Waals surface area contributed by atoms with E-state index in [1.807, 2.05) is 12.1 Å². The Morgan fingerprint density at radius 2 is 1.72 bits per heavy atom. The molecule has 1 saturated heterocycles. The quantitative estimate of drug-likeness (QED) is 0.897. The molecule has 0 atom stereocenters. The van der Waals surface area contributed by atoms with Crippen LogP contribution in [-0.4, -0.2) is 48.6 Å². The minimum Gasteiger partial charge on any atom is -0.322 e. The molecular weight excluding hydrogens is 341 g/mol. The number of halogens is 2. The van der Waals surface area contributed by atoms with Gasteiger partial charge in [0.2, 0.25) is 0 Å². The van der Waals surface area contributed by atoms with Gasteiger partial charge in [-0.15, -0.1) is 0 Å². The van der Waals surface area contributed by atoms with Gasteiger partial charge in [-0.1, -0.05) is 29.8 Å². The third-order valence-corrected chi connectivity index (χ3v) is 4.66. The van der Waals surface area contributed by atoms with Crippen molar-refractivity contribution in [2.75, 3.05) is 38.0 Å². The highest BCUT2D eigenvalue weighted by Gasteiger charge is 2.21. The molecule has 0 saturated carbocycles. The van der Waals surface area contributed by atoms with Crippen molar-refractivity contribution >= 4 is 23.3 Å². The Morgan fingerprint density at radius 3 is 2.40 bits per heavy atom. The SMILES string of the molecule is O=C(Nc1ccc(Cl)cc1)N1CCN(CCc2ccccc2F)CC1. The number of benzene rings is 2. The zero-order valence-electron chi connectivity index (χ0n) is 13.9. The van der Waals surface area contributed by atoms with Crippen LogP contribution in [0.3, 0.4) is 0 Å². The van der Waals surface area contributed by atoms with Crippen LogP contribution < -0.4 is 5.32 Å². The van der Waals surface area contributed by atoms with Crippen molar-refractivity contribution in [3.05, 3.63) is 64.9 Å². The maximum atomic E-state index is 13.7. The highest BCUT2D eigenvalue weighted by molar-refractivity contribution is 6.30. The van der Waals surface area contributed by atoms with Crippen LogP contribution in [0.4, 0.5) is 14.9 Å². The largest absolute Gasteiger partial charge is 0.322 e. The first-order valence-electron chi connectivity index (χ1n) is 8.39. The number of piperazine rings is 1. The van der Waals surface area contributed by atoms with E-state index in [0.717, 1.165) is 30.9 Å². The molecule has 2 aromatic rings. The molecule has 0 bridgehead atoms. The molecule has 1 N–H and O–H groups in total. The number of amides is 2. The molecule has 0 unspecified atom stereocenters. The van der Waals surface area contributed by atoms with Gasteiger partial charge in [-0.05, 0) is 42.3 Å². The Balaban J connectivity index is 1.44. The summed E-state index contributed by atoms with van der Waals surface area (Å²) in [5, 5.41) is 3.52. The summed E-state index contributed by atoms with van der Waals surface area (Å²) in [6, 6.07) is 13.8. The van der Waals surface area contributed by atoms with E-state index in [1.54, 1.807) is 35.2 Å². The Hall–Kier alpha value is -2.11. The molecule has 25 heavy (non-hydrogen) atoms. The molecule has 4 nitrogen and oxygen atoms in total. The summed E-state index contributed by atoms with van der Waals surface area (Å²) >= 11 is 5.84. The second-order valence-corrected chi connectivity index (χ2v) is 6.54. The van der Waals surface area contributed by atoms with E-state index >= 15 is 0 Å². The first kappa shape index (κ1) is 17.7. The molecule has 2 aromatic carbocycles. The molecular formula is C19H21ClFN3O. The van der Waals surface area contributed by atoms with E-state index in [-0.39, 0.29) is 11.8 Å². The van der Waals surface area contributed by atoms with E-state index in [4.69, 9.17) is 11.6 Å². The molecule has 0 aliphatic carbocycles. The molecule has 3 rings (SSSR count). The maximum Gasteiger partial charge on any atom is 0.321 e. The van der Waals surface area contributed by atoms with Gasteiger partial charge in [-0.3, -0.25) is 4.90 Å². The van der Waals surface area contributed by atoms with E-state index in [0.29, 0.717) is 24.5 Å². The van der Waals surface area contributed by atoms with Crippen molar-refractivity contribution in [1.82, 2.24) is 9.80 Å². The normalized spacial score (nSPS) is 15.2. The third kappa shape index (κ3) is 4.94. The molecule has 0 aromatic heterocycles. The van der Waals surface area contributed by atoms with Crippen LogP contribution >= 0.6 is 11.6 Å². The number of urea groups is 1. The summed E-state index contributed by atoms with van der Waals surface area (Å²) in [4.78, 5) is 16.4. The fourth-order valence-electron chi connectivity index (χ4n) is 2.89. The van der Waals surface area contributed by atoms with Crippen molar-refractivity contribution in [3.8, 4) is 0 Å². The van der Waals surface area contributed by atoms with Crippen LogP contribution in [0.15, 0.2) is 48.5 Å². The number of rotatable bonds is 4. The number of nitrogens with one attached hydrogen (secondary N) is 1. The minimum absolute atomic E-state index is 0.101. The lowest BCUT2D eigenvalue weighted by Crippen LogP contribution is -2.50. The van der Waals surface area contributed by atoms with E-state index in [9.17, 15) is 9.18 Å². The van der Waals surface area contributed by atoms with Gasteiger partial charge in [0, 0.05) is 43.4 Å². The minimum atomic E-state index is -0.150. The van der Waals surface area contributed by atoms with Gasteiger partial charge in [0.1, 0.15) is 5.82 Å². The zero-order chi connectivity index (χ0) is 17.6. The van der Waals surface area contributed by atoms with Crippen molar-refractivity contribution < 1.29 is 9.18 Å². The molecule has 132 valence electrons. The molecule has 1 fully saturated rings. The topological polar surface area (TPSA) is 35.6 Å². The summed E-state index contributed by atoms with van der Waals surface area (Å²) in [5.74, 6) is -0.150. The summed E-state index contributed by atoms with van der Waals surface area (Å²) in [6.45, 7) is 3.71. The number of nitrogens with zero attached hydrogens (tertiary/aromatic N) is 2. The van der Waals surface area contributed by atoms with Gasteiger partial charge < -0.3 is 10.2 Å². The maximum absolute atomic E-state index is 13.7. The van der Waals surface area contributed by atoms with Crippen molar-refractivity contribution in [3.63, 3.8) is 0 Å². The molecule has 0 radical (unpaired) electrons. The van der Waals surface area contributed by atoms with Crippen molar-refractivity contribution in [2.45, 2.75) is 6.42 Å². The fraction of sp³-hybridized carbons (Fsp3) is 0.316. The number of carbonyl (C=O) groups excluding carboxylic acids is 1. The predicted octanol–water partition coefficient (Wildman–Crippen LogP) is 3.87. The summed E-state index contributed by atoms with van der Waals surface area (Å²) < 4.78 is 13.7. The Labute approximate surface area is 152 Å². The number of carbonyl (C=O) groups is 1. The first-order chi connectivity index (χ1) is 12.1. The molecule has 2 amide bonds. The zero-order valence-corrected chi connectivity index (χ0v) is 14.7. The van der Waals surface area contributed by atoms with Crippen LogP contribution in [0.1, 0.15) is 5.56 Å². The van der Waals surface area contributed by atoms with Gasteiger partial charge in [0.25, 0.3) is 0 Å². The summed E-state index contributed by atoms with van der Waals surface area (Å²) in [7, 11) is 0. The van der Waals surface area contributed by atoms with Gasteiger partial charge in [-0.2, -0.15) is 0 Å². The lowest BCUT2D eigenvalue weighted by molar-refractivity contribution is 0.148. The van der Waals surface area contributed by atoms with Crippen LogP contribution in [0.2, 0.25) is 5.02 Å². The second kappa shape index (κ2) is 8.32. The van der Waals surface area contributed by atoms with Gasteiger partial charge >= 0.3 is 6.03 Å². The van der Waals surface area contributed by atoms with Crippen molar-refractivity contribution in [2.24, 2.45) is 0 Å². The second-order valence-electron chi connectivity index (χ2n) is 6.11. The lowest BCUT2D eigenvalue weighted by atomic mass is 10.1. The average molecular weight is 362 g/mol. The highest BCUT2D eigenvalue weighted by atomic mass is 35.5. The van der Waals surface area contributed by atoms with Gasteiger partial charge in [0.15, 0.2) is 0 Å². The van der Waals surface area contributed by atoms with Crippen LogP contribution in [0.25, 0.3) is 0 Å². The number of hydrogen-bond acceptors (Lipinski definition) is 2. The molecule has 1 aliphatic heterocycles. The Kier molecular flexibility index (Phi) is 5.89. The van der Waals surface area contributed by atoms with E-state index < -0.39 is 0 Å². The van der Waals surface area contributed by atoms with Crippen molar-refractivity contribution in [1.29, 1.82) is 0 Å². The third-order valence-electron chi connectivity index (χ3n) is 4.41. The van der Waals surface area contributed by atoms with E-state index in [2.05, 4.69) is 10.2 Å². The standard InChI is InChI=1S/C19H21ClFN3O/c20-16-5-7-17(8-6-16)22-19(25)24-13-11-23(12-14-24)10-9-15-3-1-2-4-18(15)21/h1-8H,9-14H2,(H,22,25). The molecule has 6 heteroatoms. The van der Waals surface area contributed by atoms with E-state index in [1.165, 1.54) is 6.07 Å². The monoisotopic (exact) mass is 361 g/mol. The highest BCUT2D eigenvalue weighted by Crippen LogP contribution is 2.15. The molecule has 1 aliphatic rings.